The highest BCUT2D eigenvalue weighted by atomic mass is 16.3. The van der Waals surface area contributed by atoms with Gasteiger partial charge in [0.05, 0.1) is 6.04 Å². The zero-order chi connectivity index (χ0) is 18.2. The van der Waals surface area contributed by atoms with E-state index in [-0.39, 0.29) is 23.4 Å². The molecule has 6 nitrogen and oxygen atoms in total. The summed E-state index contributed by atoms with van der Waals surface area (Å²) in [5, 5.41) is 3.20. The Hall–Kier alpha value is -1.98. The van der Waals surface area contributed by atoms with Crippen molar-refractivity contribution in [3.8, 4) is 0 Å². The Labute approximate surface area is 149 Å². The summed E-state index contributed by atoms with van der Waals surface area (Å²) < 4.78 is 5.84. The van der Waals surface area contributed by atoms with Crippen LogP contribution in [0.3, 0.4) is 0 Å². The van der Waals surface area contributed by atoms with Crippen molar-refractivity contribution in [2.75, 3.05) is 13.1 Å². The first-order valence-electron chi connectivity index (χ1n) is 9.16. The van der Waals surface area contributed by atoms with Crippen molar-refractivity contribution in [2.45, 2.75) is 58.9 Å². The number of nitrogens with zero attached hydrogens (tertiary/aromatic N) is 1. The minimum atomic E-state index is -0.254. The van der Waals surface area contributed by atoms with Gasteiger partial charge in [-0.3, -0.25) is 4.79 Å². The molecule has 1 aromatic rings. The maximum absolute atomic E-state index is 12.7. The van der Waals surface area contributed by atoms with Gasteiger partial charge in [-0.1, -0.05) is 13.8 Å². The second-order valence-corrected chi connectivity index (χ2v) is 8.38. The molecule has 0 unspecified atom stereocenters. The van der Waals surface area contributed by atoms with Crippen molar-refractivity contribution in [1.82, 2.24) is 10.2 Å². The second kappa shape index (κ2) is 6.73. The number of hydrogen-bond acceptors (Lipinski definition) is 3. The third-order valence-corrected chi connectivity index (χ3v) is 5.43. The quantitative estimate of drug-likeness (QED) is 0.881. The molecule has 0 aromatic carbocycles. The lowest BCUT2D eigenvalue weighted by atomic mass is 9.75. The number of hydrogen-bond donors (Lipinski definition) is 2. The van der Waals surface area contributed by atoms with Gasteiger partial charge in [-0.2, -0.15) is 0 Å². The lowest BCUT2D eigenvalue weighted by Gasteiger charge is -2.37. The number of furan rings is 1. The Morgan fingerprint density at radius 1 is 1.36 bits per heavy atom. The number of urea groups is 1. The van der Waals surface area contributed by atoms with E-state index < -0.39 is 0 Å². The van der Waals surface area contributed by atoms with E-state index in [0.717, 1.165) is 42.8 Å². The van der Waals surface area contributed by atoms with Gasteiger partial charge in [0, 0.05) is 31.5 Å². The molecule has 1 atom stereocenters. The first kappa shape index (κ1) is 17.8. The average Bonchev–Trinajstić information content (AvgIpc) is 2.86. The van der Waals surface area contributed by atoms with Crippen molar-refractivity contribution >= 4 is 11.9 Å². The molecule has 1 saturated heterocycles. The highest BCUT2D eigenvalue weighted by molar-refractivity contribution is 5.75. The molecule has 1 aliphatic heterocycles. The van der Waals surface area contributed by atoms with Crippen LogP contribution in [-0.2, 0) is 11.2 Å². The van der Waals surface area contributed by atoms with Crippen molar-refractivity contribution in [1.29, 1.82) is 0 Å². The van der Waals surface area contributed by atoms with Gasteiger partial charge < -0.3 is 20.4 Å². The molecule has 1 aromatic heterocycles. The average molecular weight is 347 g/mol. The highest BCUT2D eigenvalue weighted by Gasteiger charge is 2.36. The summed E-state index contributed by atoms with van der Waals surface area (Å²) in [6.07, 6.45) is 3.90. The molecule has 3 N–H and O–H groups in total. The molecule has 0 radical (unpaired) electrons. The zero-order valence-electron chi connectivity index (χ0n) is 15.4. The number of fused-ring (bicyclic) bond motifs is 1. The van der Waals surface area contributed by atoms with Crippen LogP contribution in [0.15, 0.2) is 10.5 Å². The largest absolute Gasteiger partial charge is 0.466 e. The van der Waals surface area contributed by atoms with Crippen LogP contribution in [0.5, 0.6) is 0 Å². The van der Waals surface area contributed by atoms with Gasteiger partial charge in [-0.25, -0.2) is 4.79 Å². The molecule has 0 bridgehead atoms. The number of rotatable bonds is 3. The van der Waals surface area contributed by atoms with E-state index in [4.69, 9.17) is 10.2 Å². The van der Waals surface area contributed by atoms with Crippen LogP contribution >= 0.6 is 0 Å². The van der Waals surface area contributed by atoms with E-state index in [0.29, 0.717) is 25.4 Å². The summed E-state index contributed by atoms with van der Waals surface area (Å²) in [6.45, 7) is 7.73. The second-order valence-electron chi connectivity index (χ2n) is 8.38. The Morgan fingerprint density at radius 3 is 2.68 bits per heavy atom. The summed E-state index contributed by atoms with van der Waals surface area (Å²) >= 11 is 0. The van der Waals surface area contributed by atoms with Gasteiger partial charge >= 0.3 is 6.03 Å². The summed E-state index contributed by atoms with van der Waals surface area (Å²) in [5.74, 6) is 1.95. The summed E-state index contributed by atoms with van der Waals surface area (Å²) in [7, 11) is 0. The SMILES string of the molecule is Cc1cc2c(o1)CC(C)(C)C[C@@H]2NC(=O)N1CCC(CC(N)=O)CC1. The number of piperidine rings is 1. The molecule has 3 amide bonds. The Morgan fingerprint density at radius 2 is 2.04 bits per heavy atom. The van der Waals surface area contributed by atoms with E-state index >= 15 is 0 Å². The number of carbonyl (C=O) groups excluding carboxylic acids is 2. The summed E-state index contributed by atoms with van der Waals surface area (Å²) in [5.41, 5.74) is 6.49. The molecule has 1 fully saturated rings. The monoisotopic (exact) mass is 347 g/mol. The lowest BCUT2D eigenvalue weighted by molar-refractivity contribution is -0.119. The maximum atomic E-state index is 12.7. The molecule has 1 aliphatic carbocycles. The van der Waals surface area contributed by atoms with Gasteiger partial charge in [0.15, 0.2) is 0 Å². The number of amides is 3. The molecule has 3 rings (SSSR count). The third-order valence-electron chi connectivity index (χ3n) is 5.43. The van der Waals surface area contributed by atoms with E-state index in [1.165, 1.54) is 0 Å². The fraction of sp³-hybridized carbons (Fsp3) is 0.684. The normalized spacial score (nSPS) is 23.2. The topological polar surface area (TPSA) is 88.6 Å². The van der Waals surface area contributed by atoms with Gasteiger partial charge in [-0.15, -0.1) is 0 Å². The smallest absolute Gasteiger partial charge is 0.317 e. The maximum Gasteiger partial charge on any atom is 0.317 e. The van der Waals surface area contributed by atoms with Gasteiger partial charge in [0.1, 0.15) is 11.5 Å². The predicted octanol–water partition coefficient (Wildman–Crippen LogP) is 2.90. The number of nitrogens with one attached hydrogen (secondary N) is 1. The number of likely N-dealkylation sites (tertiary alicyclic amines) is 1. The molecular formula is C19H29N3O3. The van der Waals surface area contributed by atoms with Crippen molar-refractivity contribution in [3.63, 3.8) is 0 Å². The Bertz CT molecular complexity index is 657. The van der Waals surface area contributed by atoms with Crippen molar-refractivity contribution in [3.05, 3.63) is 23.2 Å². The summed E-state index contributed by atoms with van der Waals surface area (Å²) in [6, 6.07) is 2.02. The van der Waals surface area contributed by atoms with Crippen LogP contribution in [0.1, 0.15) is 62.7 Å². The standard InChI is InChI=1S/C19H29N3O3/c1-12-8-14-15(10-19(2,3)11-16(14)25-12)21-18(24)22-6-4-13(5-7-22)9-17(20)23/h8,13,15H,4-7,9-11H2,1-3H3,(H2,20,23)(H,21,24)/t15-/m0/s1. The van der Waals surface area contributed by atoms with Crippen LogP contribution in [-0.4, -0.2) is 29.9 Å². The molecule has 2 aliphatic rings. The van der Waals surface area contributed by atoms with Crippen molar-refractivity contribution < 1.29 is 14.0 Å². The lowest BCUT2D eigenvalue weighted by Crippen LogP contribution is -2.47. The van der Waals surface area contributed by atoms with Crippen molar-refractivity contribution in [2.24, 2.45) is 17.1 Å². The van der Waals surface area contributed by atoms with E-state index in [9.17, 15) is 9.59 Å². The highest BCUT2D eigenvalue weighted by Crippen LogP contribution is 2.42. The fourth-order valence-corrected chi connectivity index (χ4v) is 4.18. The first-order valence-corrected chi connectivity index (χ1v) is 9.16. The summed E-state index contributed by atoms with van der Waals surface area (Å²) in [4.78, 5) is 25.6. The zero-order valence-corrected chi connectivity index (χ0v) is 15.4. The minimum absolute atomic E-state index is 0.00737. The van der Waals surface area contributed by atoms with E-state index in [1.807, 2.05) is 11.8 Å². The molecule has 138 valence electrons. The predicted molar refractivity (Wildman–Crippen MR) is 94.9 cm³/mol. The van der Waals surface area contributed by atoms with Crippen LogP contribution in [0.4, 0.5) is 4.79 Å². The molecule has 0 spiro atoms. The van der Waals surface area contributed by atoms with Gasteiger partial charge in [0.25, 0.3) is 0 Å². The number of carbonyl (C=O) groups is 2. The molecule has 6 heteroatoms. The number of aryl methyl sites for hydroxylation is 1. The Kier molecular flexibility index (Phi) is 4.80. The molecular weight excluding hydrogens is 318 g/mol. The fourth-order valence-electron chi connectivity index (χ4n) is 4.18. The van der Waals surface area contributed by atoms with Gasteiger partial charge in [-0.05, 0) is 43.6 Å². The number of nitrogens with two attached hydrogens (primary N) is 1. The van der Waals surface area contributed by atoms with Gasteiger partial charge in [0.2, 0.25) is 5.91 Å². The van der Waals surface area contributed by atoms with E-state index in [1.54, 1.807) is 0 Å². The molecule has 25 heavy (non-hydrogen) atoms. The van der Waals surface area contributed by atoms with Crippen LogP contribution < -0.4 is 11.1 Å². The Balaban J connectivity index is 1.62. The minimum Gasteiger partial charge on any atom is -0.466 e. The molecule has 2 heterocycles. The molecule has 0 saturated carbocycles. The number of primary amides is 1. The van der Waals surface area contributed by atoms with Crippen LogP contribution in [0.25, 0.3) is 0 Å². The van der Waals surface area contributed by atoms with Crippen LogP contribution in [0.2, 0.25) is 0 Å². The third kappa shape index (κ3) is 4.17. The first-order chi connectivity index (χ1) is 11.7. The van der Waals surface area contributed by atoms with Crippen LogP contribution in [0, 0.1) is 18.3 Å². The van der Waals surface area contributed by atoms with E-state index in [2.05, 4.69) is 25.2 Å².